The first-order valence-corrected chi connectivity index (χ1v) is 6.63. The van der Waals surface area contributed by atoms with Gasteiger partial charge in [0.05, 0.1) is 18.2 Å². The quantitative estimate of drug-likeness (QED) is 0.881. The second-order valence-electron chi connectivity index (χ2n) is 4.27. The molecule has 0 fully saturated rings. The lowest BCUT2D eigenvalue weighted by Crippen LogP contribution is -2.33. The van der Waals surface area contributed by atoms with E-state index in [1.54, 1.807) is 12.1 Å². The lowest BCUT2D eigenvalue weighted by Gasteiger charge is -2.17. The van der Waals surface area contributed by atoms with Gasteiger partial charge in [0.25, 0.3) is 0 Å². The summed E-state index contributed by atoms with van der Waals surface area (Å²) in [5.41, 5.74) is 6.08. The predicted octanol–water partition coefficient (Wildman–Crippen LogP) is 1.64. The molecule has 19 heavy (non-hydrogen) atoms. The van der Waals surface area contributed by atoms with Gasteiger partial charge in [-0.1, -0.05) is 18.5 Å². The van der Waals surface area contributed by atoms with E-state index in [0.29, 0.717) is 41.8 Å². The molecule has 1 aromatic carbocycles. The number of likely N-dealkylation sites (N-methyl/N-ethyl adjacent to an activating group) is 1. The lowest BCUT2D eigenvalue weighted by molar-refractivity contribution is -0.120. The second kappa shape index (κ2) is 6.12. The predicted molar refractivity (Wildman–Crippen MR) is 72.7 cm³/mol. The molecule has 1 amide bonds. The topological polar surface area (TPSA) is 73.6 Å². The fraction of sp³-hybridized carbons (Fsp3) is 0.462. The zero-order chi connectivity index (χ0) is 13.8. The molecule has 3 N–H and O–H groups in total. The van der Waals surface area contributed by atoms with Crippen molar-refractivity contribution in [3.05, 3.63) is 22.7 Å². The third-order valence-electron chi connectivity index (χ3n) is 2.85. The van der Waals surface area contributed by atoms with Gasteiger partial charge in [-0.25, -0.2) is 0 Å². The first-order chi connectivity index (χ1) is 9.13. The molecular formula is C13H17ClN2O3. The number of fused-ring (bicyclic) bond motifs is 1. The molecule has 1 unspecified atom stereocenters. The number of nitrogens with two attached hydrogens (primary N) is 1. The number of rotatable bonds is 4. The zero-order valence-electron chi connectivity index (χ0n) is 10.7. The van der Waals surface area contributed by atoms with E-state index < -0.39 is 11.9 Å². The highest BCUT2D eigenvalue weighted by Gasteiger charge is 2.22. The van der Waals surface area contributed by atoms with Crippen LogP contribution >= 0.6 is 11.6 Å². The smallest absolute Gasteiger partial charge is 0.239 e. The van der Waals surface area contributed by atoms with Crippen molar-refractivity contribution in [2.24, 2.45) is 5.73 Å². The number of amides is 1. The van der Waals surface area contributed by atoms with E-state index in [1.165, 1.54) is 0 Å². The minimum atomic E-state index is -0.584. The van der Waals surface area contributed by atoms with E-state index in [9.17, 15) is 4.79 Å². The Morgan fingerprint density at radius 2 is 2.21 bits per heavy atom. The molecule has 0 bridgehead atoms. The summed E-state index contributed by atoms with van der Waals surface area (Å²) in [6.45, 7) is 3.66. The van der Waals surface area contributed by atoms with Gasteiger partial charge in [0.15, 0.2) is 11.5 Å². The molecular weight excluding hydrogens is 268 g/mol. The number of hydrogen-bond acceptors (Lipinski definition) is 4. The third kappa shape index (κ3) is 3.11. The average molecular weight is 285 g/mol. The van der Waals surface area contributed by atoms with Gasteiger partial charge in [0.1, 0.15) is 6.04 Å². The molecule has 0 saturated heterocycles. The highest BCUT2D eigenvalue weighted by Crippen LogP contribution is 2.39. The Kier molecular flexibility index (Phi) is 4.50. The molecule has 1 heterocycles. The number of halogens is 1. The number of carbonyl (C=O) groups excluding carboxylic acids is 1. The van der Waals surface area contributed by atoms with Crippen LogP contribution in [0.5, 0.6) is 11.5 Å². The Labute approximate surface area is 117 Å². The van der Waals surface area contributed by atoms with Crippen molar-refractivity contribution in [1.82, 2.24) is 5.32 Å². The monoisotopic (exact) mass is 284 g/mol. The Balaban J connectivity index is 2.39. The van der Waals surface area contributed by atoms with Crippen molar-refractivity contribution < 1.29 is 14.3 Å². The maximum Gasteiger partial charge on any atom is 0.239 e. The van der Waals surface area contributed by atoms with Crippen molar-refractivity contribution in [1.29, 1.82) is 0 Å². The Morgan fingerprint density at radius 3 is 2.89 bits per heavy atom. The zero-order valence-corrected chi connectivity index (χ0v) is 11.5. The number of carbonyl (C=O) groups is 1. The van der Waals surface area contributed by atoms with Crippen LogP contribution in [0.15, 0.2) is 12.1 Å². The van der Waals surface area contributed by atoms with Crippen LogP contribution in [0.4, 0.5) is 0 Å². The Bertz CT molecular complexity index is 479. The van der Waals surface area contributed by atoms with Crippen LogP contribution in [0.3, 0.4) is 0 Å². The van der Waals surface area contributed by atoms with Gasteiger partial charge in [-0.05, 0) is 24.2 Å². The molecule has 0 saturated carbocycles. The number of ether oxygens (including phenoxy) is 2. The van der Waals surface area contributed by atoms with Crippen molar-refractivity contribution in [3.8, 4) is 11.5 Å². The average Bonchev–Trinajstić information content (AvgIpc) is 2.61. The molecule has 5 nitrogen and oxygen atoms in total. The summed E-state index contributed by atoms with van der Waals surface area (Å²) in [6, 6.07) is 2.86. The van der Waals surface area contributed by atoms with Crippen LogP contribution in [0.25, 0.3) is 0 Å². The summed E-state index contributed by atoms with van der Waals surface area (Å²) in [5.74, 6) is 0.638. The van der Waals surface area contributed by atoms with Crippen molar-refractivity contribution in [2.75, 3.05) is 19.8 Å². The highest BCUT2D eigenvalue weighted by molar-refractivity contribution is 6.32. The lowest BCUT2D eigenvalue weighted by atomic mass is 10.1. The SMILES string of the molecule is CCNC(C(N)=O)c1cc(Cl)c2c(c1)OCCCO2. The maximum atomic E-state index is 11.5. The first kappa shape index (κ1) is 14.0. The second-order valence-corrected chi connectivity index (χ2v) is 4.68. The fourth-order valence-electron chi connectivity index (χ4n) is 2.00. The summed E-state index contributed by atoms with van der Waals surface area (Å²) in [7, 11) is 0. The Hall–Kier alpha value is -1.46. The van der Waals surface area contributed by atoms with E-state index in [1.807, 2.05) is 6.92 Å². The van der Waals surface area contributed by atoms with Crippen molar-refractivity contribution in [2.45, 2.75) is 19.4 Å². The summed E-state index contributed by atoms with van der Waals surface area (Å²) in [6.07, 6.45) is 0.798. The van der Waals surface area contributed by atoms with Gasteiger partial charge < -0.3 is 20.5 Å². The fourth-order valence-corrected chi connectivity index (χ4v) is 2.28. The number of hydrogen-bond donors (Lipinski definition) is 2. The molecule has 0 radical (unpaired) electrons. The van der Waals surface area contributed by atoms with E-state index >= 15 is 0 Å². The third-order valence-corrected chi connectivity index (χ3v) is 3.13. The van der Waals surface area contributed by atoms with E-state index in [2.05, 4.69) is 5.32 Å². The van der Waals surface area contributed by atoms with Gasteiger partial charge in [-0.15, -0.1) is 0 Å². The summed E-state index contributed by atoms with van der Waals surface area (Å²) < 4.78 is 11.1. The van der Waals surface area contributed by atoms with Gasteiger partial charge in [0.2, 0.25) is 5.91 Å². The van der Waals surface area contributed by atoms with Gasteiger partial charge in [-0.2, -0.15) is 0 Å². The van der Waals surface area contributed by atoms with E-state index in [-0.39, 0.29) is 0 Å². The largest absolute Gasteiger partial charge is 0.489 e. The minimum Gasteiger partial charge on any atom is -0.489 e. The van der Waals surface area contributed by atoms with Crippen molar-refractivity contribution in [3.63, 3.8) is 0 Å². The van der Waals surface area contributed by atoms with Crippen LogP contribution in [-0.2, 0) is 4.79 Å². The molecule has 1 aromatic rings. The van der Waals surface area contributed by atoms with Gasteiger partial charge >= 0.3 is 0 Å². The van der Waals surface area contributed by atoms with Crippen molar-refractivity contribution >= 4 is 17.5 Å². The van der Waals surface area contributed by atoms with Gasteiger partial charge in [0, 0.05) is 6.42 Å². The van der Waals surface area contributed by atoms with Gasteiger partial charge in [-0.3, -0.25) is 4.79 Å². The molecule has 1 aliphatic heterocycles. The summed E-state index contributed by atoms with van der Waals surface area (Å²) in [5, 5.41) is 3.45. The molecule has 0 aromatic heterocycles. The molecule has 1 aliphatic rings. The molecule has 2 rings (SSSR count). The minimum absolute atomic E-state index is 0.429. The van der Waals surface area contributed by atoms with Crippen LogP contribution in [-0.4, -0.2) is 25.7 Å². The molecule has 0 aliphatic carbocycles. The van der Waals surface area contributed by atoms with E-state index in [0.717, 1.165) is 6.42 Å². The molecule has 0 spiro atoms. The van der Waals surface area contributed by atoms with Crippen LogP contribution in [0.2, 0.25) is 5.02 Å². The molecule has 6 heteroatoms. The summed E-state index contributed by atoms with van der Waals surface area (Å²) in [4.78, 5) is 11.5. The summed E-state index contributed by atoms with van der Waals surface area (Å²) >= 11 is 6.18. The molecule has 104 valence electrons. The van der Waals surface area contributed by atoms with Crippen LogP contribution < -0.4 is 20.5 Å². The van der Waals surface area contributed by atoms with E-state index in [4.69, 9.17) is 26.8 Å². The number of nitrogens with one attached hydrogen (secondary N) is 1. The maximum absolute atomic E-state index is 11.5. The Morgan fingerprint density at radius 1 is 1.47 bits per heavy atom. The first-order valence-electron chi connectivity index (χ1n) is 6.25. The molecule has 1 atom stereocenters. The number of primary amides is 1. The highest BCUT2D eigenvalue weighted by atomic mass is 35.5. The normalized spacial score (nSPS) is 15.7. The van der Waals surface area contributed by atoms with Crippen LogP contribution in [0.1, 0.15) is 24.9 Å². The number of benzene rings is 1. The van der Waals surface area contributed by atoms with Crippen LogP contribution in [0, 0.1) is 0 Å². The standard InChI is InChI=1S/C13H17ClN2O3/c1-2-16-11(13(15)17)8-6-9(14)12-10(7-8)18-4-3-5-19-12/h6-7,11,16H,2-5H2,1H3,(H2,15,17).